The molecule has 0 spiro atoms. The Morgan fingerprint density at radius 2 is 1.85 bits per heavy atom. The average molecular weight is 210 g/mol. The van der Waals surface area contributed by atoms with E-state index in [1.165, 1.54) is 11.2 Å². The van der Waals surface area contributed by atoms with Gasteiger partial charge in [-0.25, -0.2) is 0 Å². The van der Waals surface area contributed by atoms with Gasteiger partial charge in [0.25, 0.3) is 10.2 Å². The van der Waals surface area contributed by atoms with Gasteiger partial charge in [0.15, 0.2) is 0 Å². The summed E-state index contributed by atoms with van der Waals surface area (Å²) in [7, 11) is -3.39. The van der Waals surface area contributed by atoms with E-state index in [2.05, 4.69) is 4.72 Å². The summed E-state index contributed by atoms with van der Waals surface area (Å²) in [6, 6.07) is 0. The molecule has 0 rings (SSSR count). The molecular weight excluding hydrogens is 192 g/mol. The first-order chi connectivity index (χ1) is 5.94. The molecule has 6 heteroatoms. The number of aliphatic hydroxyl groups is 1. The van der Waals surface area contributed by atoms with E-state index in [0.717, 1.165) is 0 Å². The van der Waals surface area contributed by atoms with Crippen molar-refractivity contribution < 1.29 is 13.5 Å². The molecule has 0 heterocycles. The number of hydrogen-bond donors (Lipinski definition) is 2. The molecule has 0 aromatic heterocycles. The smallest absolute Gasteiger partial charge is 0.279 e. The molecule has 80 valence electrons. The third-order valence-electron chi connectivity index (χ3n) is 1.61. The lowest BCUT2D eigenvalue weighted by atomic mass is 10.4. The van der Waals surface area contributed by atoms with Crippen molar-refractivity contribution in [2.45, 2.75) is 26.9 Å². The molecule has 0 unspecified atom stereocenters. The van der Waals surface area contributed by atoms with Crippen LogP contribution in [0, 0.1) is 0 Å². The van der Waals surface area contributed by atoms with Crippen molar-refractivity contribution in [1.82, 2.24) is 9.03 Å². The number of hydrogen-bond acceptors (Lipinski definition) is 3. The normalized spacial score (nSPS) is 14.8. The van der Waals surface area contributed by atoms with Crippen LogP contribution in [0.4, 0.5) is 0 Å². The van der Waals surface area contributed by atoms with Crippen LogP contribution in [0.5, 0.6) is 0 Å². The van der Waals surface area contributed by atoms with Crippen molar-refractivity contribution >= 4 is 10.2 Å². The molecule has 0 aromatic rings. The average Bonchev–Trinajstić information content (AvgIpc) is 2.03. The minimum Gasteiger partial charge on any atom is -0.392 e. The van der Waals surface area contributed by atoms with E-state index < -0.39 is 16.3 Å². The molecule has 13 heavy (non-hydrogen) atoms. The molecule has 0 fully saturated rings. The first-order valence-corrected chi connectivity index (χ1v) is 5.80. The summed E-state index contributed by atoms with van der Waals surface area (Å²) in [5.41, 5.74) is 0. The highest BCUT2D eigenvalue weighted by Gasteiger charge is 2.17. The fourth-order valence-corrected chi connectivity index (χ4v) is 2.19. The molecule has 0 aliphatic heterocycles. The lowest BCUT2D eigenvalue weighted by Gasteiger charge is -2.19. The summed E-state index contributed by atoms with van der Waals surface area (Å²) >= 11 is 0. The van der Waals surface area contributed by atoms with Crippen LogP contribution in [0.2, 0.25) is 0 Å². The first-order valence-electron chi connectivity index (χ1n) is 4.36. The predicted octanol–water partition coefficient (Wildman–Crippen LogP) is -0.457. The zero-order valence-electron chi connectivity index (χ0n) is 8.32. The second kappa shape index (κ2) is 5.54. The molecule has 0 aromatic carbocycles. The topological polar surface area (TPSA) is 69.6 Å². The molecule has 1 atom stereocenters. The van der Waals surface area contributed by atoms with Gasteiger partial charge in [-0.1, -0.05) is 13.8 Å². The van der Waals surface area contributed by atoms with Gasteiger partial charge in [0.1, 0.15) is 0 Å². The van der Waals surface area contributed by atoms with Gasteiger partial charge in [-0.3, -0.25) is 0 Å². The van der Waals surface area contributed by atoms with E-state index >= 15 is 0 Å². The minimum absolute atomic E-state index is 0.0544. The van der Waals surface area contributed by atoms with Crippen LogP contribution < -0.4 is 4.72 Å². The molecule has 0 aliphatic carbocycles. The highest BCUT2D eigenvalue weighted by atomic mass is 32.2. The van der Waals surface area contributed by atoms with Crippen molar-refractivity contribution in [1.29, 1.82) is 0 Å². The molecule has 0 aliphatic rings. The molecular formula is C7H18N2O3S. The van der Waals surface area contributed by atoms with Crippen molar-refractivity contribution in [3.63, 3.8) is 0 Å². The standard InChI is InChI=1S/C7H18N2O3S/c1-4-9(5-2)13(11,12)8-6-7(3)10/h7-8,10H,4-6H2,1-3H3/t7-/m1/s1. The van der Waals surface area contributed by atoms with Crippen LogP contribution in [0.15, 0.2) is 0 Å². The Labute approximate surface area is 79.9 Å². The molecule has 0 bridgehead atoms. The van der Waals surface area contributed by atoms with Crippen molar-refractivity contribution in [2.75, 3.05) is 19.6 Å². The van der Waals surface area contributed by atoms with E-state index in [4.69, 9.17) is 5.11 Å². The van der Waals surface area contributed by atoms with Crippen LogP contribution in [0.1, 0.15) is 20.8 Å². The van der Waals surface area contributed by atoms with Crippen LogP contribution >= 0.6 is 0 Å². The minimum atomic E-state index is -3.39. The van der Waals surface area contributed by atoms with Gasteiger partial charge < -0.3 is 5.11 Å². The Balaban J connectivity index is 4.22. The second-order valence-electron chi connectivity index (χ2n) is 2.79. The summed E-state index contributed by atoms with van der Waals surface area (Å²) in [4.78, 5) is 0. The lowest BCUT2D eigenvalue weighted by molar-refractivity contribution is 0.197. The Kier molecular flexibility index (Phi) is 5.46. The molecule has 0 radical (unpaired) electrons. The van der Waals surface area contributed by atoms with Crippen LogP contribution in [-0.4, -0.2) is 43.6 Å². The summed E-state index contributed by atoms with van der Waals surface area (Å²) in [6.45, 7) is 6.00. The van der Waals surface area contributed by atoms with Crippen molar-refractivity contribution in [2.24, 2.45) is 0 Å². The third kappa shape index (κ3) is 4.56. The molecule has 0 saturated carbocycles. The van der Waals surface area contributed by atoms with E-state index in [-0.39, 0.29) is 6.54 Å². The van der Waals surface area contributed by atoms with E-state index in [1.54, 1.807) is 13.8 Å². The second-order valence-corrected chi connectivity index (χ2v) is 4.54. The van der Waals surface area contributed by atoms with Gasteiger partial charge in [-0.15, -0.1) is 0 Å². The fourth-order valence-electron chi connectivity index (χ4n) is 0.881. The Morgan fingerprint density at radius 1 is 1.38 bits per heavy atom. The molecule has 0 amide bonds. The first kappa shape index (κ1) is 12.8. The summed E-state index contributed by atoms with van der Waals surface area (Å²) in [5, 5.41) is 8.90. The summed E-state index contributed by atoms with van der Waals surface area (Å²) in [5.74, 6) is 0. The third-order valence-corrected chi connectivity index (χ3v) is 3.33. The predicted molar refractivity (Wildman–Crippen MR) is 51.5 cm³/mol. The SMILES string of the molecule is CCN(CC)S(=O)(=O)NC[C@@H](C)O. The Morgan fingerprint density at radius 3 is 2.15 bits per heavy atom. The van der Waals surface area contributed by atoms with Crippen LogP contribution in [-0.2, 0) is 10.2 Å². The number of nitrogens with one attached hydrogen (secondary N) is 1. The van der Waals surface area contributed by atoms with Crippen LogP contribution in [0.25, 0.3) is 0 Å². The number of aliphatic hydroxyl groups excluding tert-OH is 1. The summed E-state index contributed by atoms with van der Waals surface area (Å²) < 4.78 is 26.4. The Hall–Kier alpha value is -0.170. The highest BCUT2D eigenvalue weighted by molar-refractivity contribution is 7.87. The molecule has 2 N–H and O–H groups in total. The van der Waals surface area contributed by atoms with Gasteiger partial charge in [0.2, 0.25) is 0 Å². The van der Waals surface area contributed by atoms with Crippen molar-refractivity contribution in [3.8, 4) is 0 Å². The maximum atomic E-state index is 11.4. The maximum Gasteiger partial charge on any atom is 0.279 e. The quantitative estimate of drug-likeness (QED) is 0.623. The van der Waals surface area contributed by atoms with Gasteiger partial charge in [0, 0.05) is 19.6 Å². The maximum absolute atomic E-state index is 11.4. The number of rotatable bonds is 6. The van der Waals surface area contributed by atoms with Crippen molar-refractivity contribution in [3.05, 3.63) is 0 Å². The van der Waals surface area contributed by atoms with E-state index in [0.29, 0.717) is 13.1 Å². The summed E-state index contributed by atoms with van der Waals surface area (Å²) in [6.07, 6.45) is -0.662. The molecule has 0 saturated heterocycles. The van der Waals surface area contributed by atoms with Gasteiger partial charge >= 0.3 is 0 Å². The monoisotopic (exact) mass is 210 g/mol. The van der Waals surface area contributed by atoms with E-state index in [1.807, 2.05) is 0 Å². The Bertz CT molecular complexity index is 222. The largest absolute Gasteiger partial charge is 0.392 e. The number of nitrogens with zero attached hydrogens (tertiary/aromatic N) is 1. The lowest BCUT2D eigenvalue weighted by Crippen LogP contribution is -2.42. The zero-order chi connectivity index (χ0) is 10.5. The van der Waals surface area contributed by atoms with Gasteiger partial charge in [0.05, 0.1) is 6.10 Å². The van der Waals surface area contributed by atoms with Gasteiger partial charge in [-0.05, 0) is 6.92 Å². The fraction of sp³-hybridized carbons (Fsp3) is 1.00. The zero-order valence-corrected chi connectivity index (χ0v) is 9.13. The van der Waals surface area contributed by atoms with Crippen LogP contribution in [0.3, 0.4) is 0 Å². The van der Waals surface area contributed by atoms with Gasteiger partial charge in [-0.2, -0.15) is 17.4 Å². The highest BCUT2D eigenvalue weighted by Crippen LogP contribution is 1.96. The molecule has 5 nitrogen and oxygen atoms in total. The van der Waals surface area contributed by atoms with E-state index in [9.17, 15) is 8.42 Å².